The van der Waals surface area contributed by atoms with Gasteiger partial charge >= 0.3 is 0 Å². The second kappa shape index (κ2) is 5.26. The number of hydrogen-bond donors (Lipinski definition) is 1. The van der Waals surface area contributed by atoms with E-state index >= 15 is 0 Å². The number of hydrogen-bond acceptors (Lipinski definition) is 4. The van der Waals surface area contributed by atoms with Gasteiger partial charge in [0.15, 0.2) is 0 Å². The fraction of sp³-hybridized carbons (Fsp3) is 0.375. The van der Waals surface area contributed by atoms with Crippen LogP contribution in [0.1, 0.15) is 37.3 Å². The molecule has 0 aromatic carbocycles. The quantitative estimate of drug-likeness (QED) is 0.736. The van der Waals surface area contributed by atoms with Crippen LogP contribution in [0.5, 0.6) is 0 Å². The van der Waals surface area contributed by atoms with E-state index in [2.05, 4.69) is 26.3 Å². The van der Waals surface area contributed by atoms with E-state index in [4.69, 9.17) is 5.26 Å². The van der Waals surface area contributed by atoms with Crippen molar-refractivity contribution in [2.75, 3.05) is 0 Å². The number of nitrogens with one attached hydrogen (secondary N) is 1. The highest BCUT2D eigenvalue weighted by molar-refractivity contribution is 5.92. The fourth-order valence-electron chi connectivity index (χ4n) is 3.46. The standard InChI is InChI=1S/C16H16N6/c17-8-1-2-11-3-5-12(6-4-11)14-15-13-7-9-18-16(13)19-10-22(15)21-20-14/h1-2,7,9-12,18H,3-6H2. The van der Waals surface area contributed by atoms with E-state index in [1.807, 2.05) is 18.3 Å². The molecule has 0 saturated heterocycles. The predicted molar refractivity (Wildman–Crippen MR) is 82.1 cm³/mol. The molecule has 6 heteroatoms. The molecular formula is C16H16N6. The summed E-state index contributed by atoms with van der Waals surface area (Å²) < 4.78 is 1.77. The van der Waals surface area contributed by atoms with Crippen molar-refractivity contribution in [3.8, 4) is 6.07 Å². The first-order chi connectivity index (χ1) is 10.9. The molecule has 0 bridgehead atoms. The van der Waals surface area contributed by atoms with E-state index in [9.17, 15) is 0 Å². The third-order valence-electron chi connectivity index (χ3n) is 4.60. The van der Waals surface area contributed by atoms with Crippen molar-refractivity contribution in [2.45, 2.75) is 31.6 Å². The average Bonchev–Trinajstić information content (AvgIpc) is 3.19. The molecule has 1 N–H and O–H groups in total. The molecule has 3 aromatic heterocycles. The molecule has 0 atom stereocenters. The molecule has 1 aliphatic rings. The molecule has 0 spiro atoms. The van der Waals surface area contributed by atoms with Crippen LogP contribution in [0.25, 0.3) is 16.6 Å². The third-order valence-corrected chi connectivity index (χ3v) is 4.60. The van der Waals surface area contributed by atoms with Crippen molar-refractivity contribution < 1.29 is 0 Å². The first-order valence-corrected chi connectivity index (χ1v) is 7.60. The molecule has 3 aromatic rings. The van der Waals surface area contributed by atoms with Crippen LogP contribution in [0.4, 0.5) is 0 Å². The van der Waals surface area contributed by atoms with Crippen molar-refractivity contribution in [2.24, 2.45) is 5.92 Å². The summed E-state index contributed by atoms with van der Waals surface area (Å²) in [6.45, 7) is 0. The number of aromatic amines is 1. The molecule has 0 amide bonds. The van der Waals surface area contributed by atoms with Crippen molar-refractivity contribution in [1.29, 1.82) is 5.26 Å². The van der Waals surface area contributed by atoms with Crippen molar-refractivity contribution in [3.63, 3.8) is 0 Å². The molecule has 0 aliphatic heterocycles. The summed E-state index contributed by atoms with van der Waals surface area (Å²) in [5.74, 6) is 0.955. The lowest BCUT2D eigenvalue weighted by atomic mass is 9.80. The minimum Gasteiger partial charge on any atom is -0.346 e. The summed E-state index contributed by atoms with van der Waals surface area (Å²) >= 11 is 0. The Kier molecular flexibility index (Phi) is 3.11. The van der Waals surface area contributed by atoms with E-state index in [-0.39, 0.29) is 0 Å². The monoisotopic (exact) mass is 292 g/mol. The Bertz CT molecular complexity index is 873. The van der Waals surface area contributed by atoms with E-state index < -0.39 is 0 Å². The van der Waals surface area contributed by atoms with Crippen molar-refractivity contribution >= 4 is 16.6 Å². The Morgan fingerprint density at radius 3 is 3.00 bits per heavy atom. The minimum absolute atomic E-state index is 0.435. The number of allylic oxidation sites excluding steroid dienone is 2. The summed E-state index contributed by atoms with van der Waals surface area (Å²) in [6, 6.07) is 4.11. The normalized spacial score (nSPS) is 22.5. The summed E-state index contributed by atoms with van der Waals surface area (Å²) in [5.41, 5.74) is 3.03. The Balaban J connectivity index is 1.66. The van der Waals surface area contributed by atoms with Gasteiger partial charge in [0.25, 0.3) is 0 Å². The number of fused-ring (bicyclic) bond motifs is 3. The maximum atomic E-state index is 8.63. The Morgan fingerprint density at radius 1 is 1.32 bits per heavy atom. The van der Waals surface area contributed by atoms with E-state index in [1.54, 1.807) is 16.9 Å². The Hall–Kier alpha value is -2.68. The molecule has 0 unspecified atom stereocenters. The minimum atomic E-state index is 0.435. The van der Waals surface area contributed by atoms with Crippen LogP contribution in [-0.4, -0.2) is 24.8 Å². The highest BCUT2D eigenvalue weighted by atomic mass is 15.4. The van der Waals surface area contributed by atoms with E-state index in [1.165, 1.54) is 0 Å². The molecular weight excluding hydrogens is 276 g/mol. The molecule has 1 saturated carbocycles. The lowest BCUT2D eigenvalue weighted by Crippen LogP contribution is -2.12. The topological polar surface area (TPSA) is 82.7 Å². The van der Waals surface area contributed by atoms with Gasteiger partial charge in [-0.2, -0.15) is 5.26 Å². The van der Waals surface area contributed by atoms with Crippen LogP contribution in [0.2, 0.25) is 0 Å². The van der Waals surface area contributed by atoms with Gasteiger partial charge in [0, 0.05) is 23.6 Å². The number of rotatable bonds is 2. The number of nitriles is 1. The zero-order valence-corrected chi connectivity index (χ0v) is 12.1. The van der Waals surface area contributed by atoms with Crippen molar-refractivity contribution in [3.05, 3.63) is 36.4 Å². The zero-order chi connectivity index (χ0) is 14.9. The second-order valence-electron chi connectivity index (χ2n) is 5.85. The first-order valence-electron chi connectivity index (χ1n) is 7.60. The molecule has 1 aliphatic carbocycles. The maximum Gasteiger partial charge on any atom is 0.141 e. The van der Waals surface area contributed by atoms with Crippen molar-refractivity contribution in [1.82, 2.24) is 24.8 Å². The maximum absolute atomic E-state index is 8.63. The van der Waals surface area contributed by atoms with E-state index in [0.717, 1.165) is 47.9 Å². The van der Waals surface area contributed by atoms with Crippen LogP contribution in [0, 0.1) is 17.2 Å². The van der Waals surface area contributed by atoms with Crippen LogP contribution in [0.3, 0.4) is 0 Å². The SMILES string of the molecule is N#CC=CC1CCC(c2nnn3cnc4[nH]ccc4c23)CC1. The summed E-state index contributed by atoms with van der Waals surface area (Å²) in [6.07, 6.45) is 11.6. The van der Waals surface area contributed by atoms with Gasteiger partial charge in [-0.25, -0.2) is 9.50 Å². The van der Waals surface area contributed by atoms with Gasteiger partial charge < -0.3 is 4.98 Å². The summed E-state index contributed by atoms with van der Waals surface area (Å²) in [5, 5.41) is 18.4. The molecule has 1 fully saturated rings. The molecule has 3 heterocycles. The highest BCUT2D eigenvalue weighted by Crippen LogP contribution is 2.38. The lowest BCUT2D eigenvalue weighted by Gasteiger charge is -2.25. The van der Waals surface area contributed by atoms with Gasteiger partial charge in [0.1, 0.15) is 17.5 Å². The summed E-state index contributed by atoms with van der Waals surface area (Å²) in [4.78, 5) is 7.48. The van der Waals surface area contributed by atoms with E-state index in [0.29, 0.717) is 11.8 Å². The fourth-order valence-corrected chi connectivity index (χ4v) is 3.46. The highest BCUT2D eigenvalue weighted by Gasteiger charge is 2.25. The first kappa shape index (κ1) is 13.0. The third kappa shape index (κ3) is 2.06. The number of aromatic nitrogens is 5. The van der Waals surface area contributed by atoms with Gasteiger partial charge in [-0.1, -0.05) is 11.3 Å². The second-order valence-corrected chi connectivity index (χ2v) is 5.85. The van der Waals surface area contributed by atoms with Crippen LogP contribution >= 0.6 is 0 Å². The molecule has 110 valence electrons. The molecule has 4 rings (SSSR count). The van der Waals surface area contributed by atoms with Crippen LogP contribution < -0.4 is 0 Å². The largest absolute Gasteiger partial charge is 0.346 e. The lowest BCUT2D eigenvalue weighted by molar-refractivity contribution is 0.372. The molecule has 0 radical (unpaired) electrons. The zero-order valence-electron chi connectivity index (χ0n) is 12.1. The van der Waals surface area contributed by atoms with Gasteiger partial charge in [0.2, 0.25) is 0 Å². The number of H-pyrrole nitrogens is 1. The summed E-state index contributed by atoms with van der Waals surface area (Å²) in [7, 11) is 0. The predicted octanol–water partition coefficient (Wildman–Crippen LogP) is 2.96. The average molecular weight is 292 g/mol. The smallest absolute Gasteiger partial charge is 0.141 e. The number of nitrogens with zero attached hydrogens (tertiary/aromatic N) is 5. The van der Waals surface area contributed by atoms with Crippen LogP contribution in [-0.2, 0) is 0 Å². The van der Waals surface area contributed by atoms with Gasteiger partial charge in [-0.3, -0.25) is 0 Å². The van der Waals surface area contributed by atoms with Crippen LogP contribution in [0.15, 0.2) is 30.7 Å². The molecule has 6 nitrogen and oxygen atoms in total. The van der Waals surface area contributed by atoms with Gasteiger partial charge in [-0.05, 0) is 37.7 Å². The van der Waals surface area contributed by atoms with Gasteiger partial charge in [-0.15, -0.1) is 5.10 Å². The molecule has 22 heavy (non-hydrogen) atoms. The van der Waals surface area contributed by atoms with Gasteiger partial charge in [0.05, 0.1) is 11.8 Å². The Labute approximate surface area is 127 Å². The Morgan fingerprint density at radius 2 is 2.18 bits per heavy atom.